The van der Waals surface area contributed by atoms with Crippen molar-refractivity contribution in [1.82, 2.24) is 9.80 Å². The molecule has 0 unspecified atom stereocenters. The predicted octanol–water partition coefficient (Wildman–Crippen LogP) is 0.852. The van der Waals surface area contributed by atoms with Crippen molar-refractivity contribution in [3.8, 4) is 0 Å². The van der Waals surface area contributed by atoms with Crippen LogP contribution in [0.3, 0.4) is 0 Å². The van der Waals surface area contributed by atoms with Crippen molar-refractivity contribution >= 4 is 23.6 Å². The Labute approximate surface area is 116 Å². The molecule has 0 N–H and O–H groups in total. The molecule has 2 rings (SSSR count). The van der Waals surface area contributed by atoms with E-state index in [0.717, 1.165) is 12.0 Å². The van der Waals surface area contributed by atoms with Gasteiger partial charge in [-0.1, -0.05) is 31.2 Å². The minimum absolute atomic E-state index is 0.377. The predicted molar refractivity (Wildman–Crippen MR) is 70.0 cm³/mol. The fourth-order valence-corrected chi connectivity index (χ4v) is 1.91. The zero-order chi connectivity index (χ0) is 14.9. The van der Waals surface area contributed by atoms with Gasteiger partial charge in [0.1, 0.15) is 0 Å². The van der Waals surface area contributed by atoms with Gasteiger partial charge in [-0.15, -0.1) is 0 Å². The van der Waals surface area contributed by atoms with Crippen LogP contribution < -0.4 is 0 Å². The Hall–Kier alpha value is -2.50. The minimum Gasteiger partial charge on any atom is -0.292 e. The molecule has 20 heavy (non-hydrogen) atoms. The minimum atomic E-state index is -0.962. The lowest BCUT2D eigenvalue weighted by atomic mass is 10.1. The molecule has 0 bridgehead atoms. The summed E-state index contributed by atoms with van der Waals surface area (Å²) >= 11 is 0. The monoisotopic (exact) mass is 274 g/mol. The van der Waals surface area contributed by atoms with Gasteiger partial charge >= 0.3 is 17.8 Å². The number of nitrogens with zero attached hydrogens (tertiary/aromatic N) is 2. The molecule has 4 amide bonds. The van der Waals surface area contributed by atoms with Crippen LogP contribution in [0.4, 0.5) is 4.79 Å². The van der Waals surface area contributed by atoms with Gasteiger partial charge in [-0.05, 0) is 12.0 Å². The average molecular weight is 274 g/mol. The SMILES string of the molecule is CCc1ccc(C(=O)CN2C(=O)C(=O)N(C)C2=O)cc1. The number of Topliss-reactive ketones (excluding diaryl/α,β-unsaturated/α-hetero) is 1. The lowest BCUT2D eigenvalue weighted by Crippen LogP contribution is -2.36. The first-order valence-corrected chi connectivity index (χ1v) is 6.21. The Bertz CT molecular complexity index is 592. The van der Waals surface area contributed by atoms with Crippen LogP contribution in [0.15, 0.2) is 24.3 Å². The standard InChI is InChI=1S/C14H14N2O4/c1-3-9-4-6-10(7-5-9)11(17)8-16-13(19)12(18)15(2)14(16)20/h4-7H,3,8H2,1-2H3. The third-order valence-corrected chi connectivity index (χ3v) is 3.24. The molecule has 1 aliphatic heterocycles. The molecule has 0 aliphatic carbocycles. The number of hydrogen-bond acceptors (Lipinski definition) is 4. The molecule has 1 aromatic rings. The van der Waals surface area contributed by atoms with E-state index >= 15 is 0 Å². The highest BCUT2D eigenvalue weighted by Gasteiger charge is 2.42. The number of amides is 4. The van der Waals surface area contributed by atoms with Crippen LogP contribution in [0.1, 0.15) is 22.8 Å². The number of ketones is 1. The van der Waals surface area contributed by atoms with Crippen molar-refractivity contribution in [3.05, 3.63) is 35.4 Å². The van der Waals surface area contributed by atoms with E-state index in [9.17, 15) is 19.2 Å². The van der Waals surface area contributed by atoms with Crippen LogP contribution in [0.25, 0.3) is 0 Å². The highest BCUT2D eigenvalue weighted by atomic mass is 16.2. The van der Waals surface area contributed by atoms with Crippen molar-refractivity contribution in [3.63, 3.8) is 0 Å². The fraction of sp³-hybridized carbons (Fsp3) is 0.286. The van der Waals surface area contributed by atoms with Gasteiger partial charge in [-0.25, -0.2) is 9.69 Å². The second-order valence-electron chi connectivity index (χ2n) is 4.51. The molecule has 1 heterocycles. The summed E-state index contributed by atoms with van der Waals surface area (Å²) in [6, 6.07) is 6.17. The normalized spacial score (nSPS) is 15.2. The van der Waals surface area contributed by atoms with Crippen LogP contribution >= 0.6 is 0 Å². The molecule has 0 aromatic heterocycles. The van der Waals surface area contributed by atoms with Crippen molar-refractivity contribution in [2.75, 3.05) is 13.6 Å². The van der Waals surface area contributed by atoms with Crippen molar-refractivity contribution < 1.29 is 19.2 Å². The second kappa shape index (κ2) is 5.24. The largest absolute Gasteiger partial charge is 0.334 e. The van der Waals surface area contributed by atoms with Gasteiger partial charge < -0.3 is 0 Å². The Kier molecular flexibility index (Phi) is 3.65. The van der Waals surface area contributed by atoms with E-state index in [0.29, 0.717) is 15.4 Å². The summed E-state index contributed by atoms with van der Waals surface area (Å²) < 4.78 is 0. The van der Waals surface area contributed by atoms with E-state index in [4.69, 9.17) is 0 Å². The summed E-state index contributed by atoms with van der Waals surface area (Å²) in [4.78, 5) is 47.9. The smallest absolute Gasteiger partial charge is 0.292 e. The van der Waals surface area contributed by atoms with Gasteiger partial charge in [-0.3, -0.25) is 19.3 Å². The lowest BCUT2D eigenvalue weighted by molar-refractivity contribution is -0.142. The first-order valence-electron chi connectivity index (χ1n) is 6.21. The highest BCUT2D eigenvalue weighted by molar-refractivity contribution is 6.45. The van der Waals surface area contributed by atoms with E-state index in [2.05, 4.69) is 0 Å². The molecule has 0 radical (unpaired) electrons. The molecule has 0 spiro atoms. The maximum Gasteiger partial charge on any atom is 0.334 e. The molecule has 1 saturated heterocycles. The van der Waals surface area contributed by atoms with Crippen molar-refractivity contribution in [2.45, 2.75) is 13.3 Å². The van der Waals surface area contributed by atoms with Gasteiger partial charge in [0.2, 0.25) is 0 Å². The van der Waals surface area contributed by atoms with Gasteiger partial charge in [0.15, 0.2) is 5.78 Å². The first kappa shape index (κ1) is 13.9. The Morgan fingerprint density at radius 1 is 1.05 bits per heavy atom. The molecule has 1 fully saturated rings. The molecular formula is C14H14N2O4. The number of rotatable bonds is 4. The second-order valence-corrected chi connectivity index (χ2v) is 4.51. The summed E-state index contributed by atoms with van der Waals surface area (Å²) in [7, 11) is 1.21. The maximum atomic E-state index is 12.0. The average Bonchev–Trinajstić information content (AvgIpc) is 2.65. The van der Waals surface area contributed by atoms with Gasteiger partial charge in [0.05, 0.1) is 6.54 Å². The van der Waals surface area contributed by atoms with Crippen LogP contribution in [-0.4, -0.2) is 47.0 Å². The van der Waals surface area contributed by atoms with Crippen LogP contribution in [-0.2, 0) is 16.0 Å². The molecule has 0 atom stereocenters. The van der Waals surface area contributed by atoms with Gasteiger partial charge in [0.25, 0.3) is 0 Å². The van der Waals surface area contributed by atoms with E-state index in [1.165, 1.54) is 7.05 Å². The number of imide groups is 2. The number of aryl methyl sites for hydroxylation is 1. The van der Waals surface area contributed by atoms with Crippen molar-refractivity contribution in [2.24, 2.45) is 0 Å². The number of hydrogen-bond donors (Lipinski definition) is 0. The summed E-state index contributed by atoms with van der Waals surface area (Å²) in [6.45, 7) is 1.58. The molecule has 6 heteroatoms. The molecule has 104 valence electrons. The summed E-state index contributed by atoms with van der Waals surface area (Å²) in [5.74, 6) is -2.25. The number of carbonyl (C=O) groups excluding carboxylic acids is 4. The Morgan fingerprint density at radius 3 is 2.10 bits per heavy atom. The Morgan fingerprint density at radius 2 is 1.65 bits per heavy atom. The van der Waals surface area contributed by atoms with Crippen molar-refractivity contribution in [1.29, 1.82) is 0 Å². The van der Waals surface area contributed by atoms with E-state index in [-0.39, 0.29) is 5.78 Å². The molecule has 6 nitrogen and oxygen atoms in total. The number of likely N-dealkylation sites (N-methyl/N-ethyl adjacent to an activating group) is 1. The van der Waals surface area contributed by atoms with E-state index in [1.54, 1.807) is 12.1 Å². The lowest BCUT2D eigenvalue weighted by Gasteiger charge is -2.11. The van der Waals surface area contributed by atoms with Crippen LogP contribution in [0, 0.1) is 0 Å². The summed E-state index contributed by atoms with van der Waals surface area (Å²) in [5, 5.41) is 0. The third-order valence-electron chi connectivity index (χ3n) is 3.24. The van der Waals surface area contributed by atoms with Gasteiger partial charge in [-0.2, -0.15) is 0 Å². The van der Waals surface area contributed by atoms with Crippen LogP contribution in [0.2, 0.25) is 0 Å². The van der Waals surface area contributed by atoms with E-state index in [1.807, 2.05) is 19.1 Å². The zero-order valence-corrected chi connectivity index (χ0v) is 11.3. The highest BCUT2D eigenvalue weighted by Crippen LogP contribution is 2.12. The number of urea groups is 1. The zero-order valence-electron chi connectivity index (χ0n) is 11.3. The van der Waals surface area contributed by atoms with Gasteiger partial charge in [0, 0.05) is 12.6 Å². The van der Waals surface area contributed by atoms with Crippen LogP contribution in [0.5, 0.6) is 0 Å². The molecule has 1 aliphatic rings. The number of benzene rings is 1. The summed E-state index contributed by atoms with van der Waals surface area (Å²) in [6.07, 6.45) is 0.858. The Balaban J connectivity index is 2.13. The fourth-order valence-electron chi connectivity index (χ4n) is 1.91. The number of carbonyl (C=O) groups is 4. The maximum absolute atomic E-state index is 12.0. The van der Waals surface area contributed by atoms with E-state index < -0.39 is 24.4 Å². The first-order chi connectivity index (χ1) is 9.45. The molecular weight excluding hydrogens is 260 g/mol. The molecule has 0 saturated carbocycles. The third kappa shape index (κ3) is 2.32. The quantitative estimate of drug-likeness (QED) is 0.463. The topological polar surface area (TPSA) is 74.8 Å². The summed E-state index contributed by atoms with van der Waals surface area (Å²) in [5.41, 5.74) is 1.49. The molecule has 1 aromatic carbocycles.